The Morgan fingerprint density at radius 3 is 2.26 bits per heavy atom. The third-order valence-corrected chi connectivity index (χ3v) is 6.20. The molecule has 4 nitrogen and oxygen atoms in total. The number of halogens is 1. The quantitative estimate of drug-likeness (QED) is 0.476. The topological polar surface area (TPSA) is 49.7 Å². The summed E-state index contributed by atoms with van der Waals surface area (Å²) in [5, 5.41) is 5.81. The Morgan fingerprint density at radius 1 is 1.04 bits per heavy atom. The number of hydrogen-bond acceptors (Lipinski definition) is 3. The Labute approximate surface area is 138 Å². The molecule has 116 valence electrons. The van der Waals surface area contributed by atoms with E-state index in [9.17, 15) is 9.59 Å². The third-order valence-electron chi connectivity index (χ3n) is 5.86. The largest absolute Gasteiger partial charge is 0.272 e. The zero-order valence-electron chi connectivity index (χ0n) is 12.3. The minimum Gasteiger partial charge on any atom is -0.272 e. The lowest BCUT2D eigenvalue weighted by Gasteiger charge is -2.37. The number of hydrazone groups is 1. The van der Waals surface area contributed by atoms with Crippen molar-refractivity contribution in [3.63, 3.8) is 0 Å². The summed E-state index contributed by atoms with van der Waals surface area (Å²) in [6, 6.07) is 7.24. The van der Waals surface area contributed by atoms with Gasteiger partial charge in [0, 0.05) is 10.6 Å². The van der Waals surface area contributed by atoms with E-state index in [1.54, 1.807) is 6.07 Å². The van der Waals surface area contributed by atoms with Gasteiger partial charge in [0.15, 0.2) is 0 Å². The summed E-state index contributed by atoms with van der Waals surface area (Å²) in [4.78, 5) is 25.5. The number of carbonyl (C=O) groups is 2. The molecular formula is C18H15ClN2O2. The van der Waals surface area contributed by atoms with Crippen molar-refractivity contribution in [1.82, 2.24) is 5.01 Å². The van der Waals surface area contributed by atoms with Gasteiger partial charge in [-0.3, -0.25) is 9.59 Å². The maximum absolute atomic E-state index is 12.7. The normalized spacial score (nSPS) is 40.0. The molecule has 0 radical (unpaired) electrons. The number of carbonyl (C=O) groups excluding carboxylic acids is 2. The smallest absolute Gasteiger partial charge is 0.254 e. The van der Waals surface area contributed by atoms with Crippen LogP contribution in [0.1, 0.15) is 12.0 Å². The molecule has 2 amide bonds. The molecular weight excluding hydrogens is 312 g/mol. The molecule has 0 aromatic heterocycles. The molecule has 1 heterocycles. The first kappa shape index (κ1) is 13.5. The molecule has 0 unspecified atom stereocenters. The number of rotatable bonds is 2. The summed E-state index contributed by atoms with van der Waals surface area (Å²) in [7, 11) is 0. The highest BCUT2D eigenvalue weighted by atomic mass is 35.5. The van der Waals surface area contributed by atoms with Gasteiger partial charge in [-0.25, -0.2) is 0 Å². The first-order valence-electron chi connectivity index (χ1n) is 8.01. The van der Waals surface area contributed by atoms with E-state index >= 15 is 0 Å². The third kappa shape index (κ3) is 1.75. The summed E-state index contributed by atoms with van der Waals surface area (Å²) < 4.78 is 0. The van der Waals surface area contributed by atoms with E-state index in [0.29, 0.717) is 22.4 Å². The van der Waals surface area contributed by atoms with E-state index in [-0.39, 0.29) is 35.5 Å². The van der Waals surface area contributed by atoms with Crippen LogP contribution in [0.4, 0.5) is 0 Å². The van der Waals surface area contributed by atoms with Crippen molar-refractivity contribution in [1.29, 1.82) is 0 Å². The van der Waals surface area contributed by atoms with Crippen LogP contribution in [0.25, 0.3) is 0 Å². The SMILES string of the molecule is O=C1[C@@H]2[C@@H]3C=C[C@H]([C@@H]4C[C@H]34)[C@@H]2C(=O)N1/N=C\c1ccccc1Cl. The predicted octanol–water partition coefficient (Wildman–Crippen LogP) is 2.73. The first-order valence-corrected chi connectivity index (χ1v) is 8.39. The van der Waals surface area contributed by atoms with E-state index in [4.69, 9.17) is 11.6 Å². The second-order valence-corrected chi connectivity index (χ2v) is 7.32. The van der Waals surface area contributed by atoms with Crippen molar-refractivity contribution in [3.05, 3.63) is 47.0 Å². The Hall–Kier alpha value is -1.94. The van der Waals surface area contributed by atoms with E-state index in [1.165, 1.54) is 12.6 Å². The van der Waals surface area contributed by atoms with Gasteiger partial charge in [-0.1, -0.05) is 42.0 Å². The molecule has 2 saturated carbocycles. The first-order chi connectivity index (χ1) is 11.2. The van der Waals surface area contributed by atoms with Crippen molar-refractivity contribution < 1.29 is 9.59 Å². The molecule has 0 spiro atoms. The Bertz CT molecular complexity index is 751. The van der Waals surface area contributed by atoms with E-state index in [1.807, 2.05) is 18.2 Å². The van der Waals surface area contributed by atoms with Gasteiger partial charge in [0.2, 0.25) is 0 Å². The van der Waals surface area contributed by atoms with Crippen LogP contribution in [0.3, 0.4) is 0 Å². The average molecular weight is 327 g/mol. The van der Waals surface area contributed by atoms with Crippen LogP contribution < -0.4 is 0 Å². The van der Waals surface area contributed by atoms with Gasteiger partial charge in [-0.05, 0) is 36.2 Å². The molecule has 5 aliphatic rings. The standard InChI is InChI=1S/C18H15ClN2O2/c19-14-4-2-1-3-9(14)8-20-21-17(22)15-10-5-6-11(13-7-12(10)13)16(15)18(21)23/h1-6,8,10-13,15-16H,7H2/b20-8-/t10-,11-,12-,13+,15-,16+/m1/s1. The molecule has 0 N–H and O–H groups in total. The Balaban J connectivity index is 1.47. The molecule has 6 atom stereocenters. The highest BCUT2D eigenvalue weighted by Gasteiger charge is 2.67. The van der Waals surface area contributed by atoms with Crippen molar-refractivity contribution in [2.75, 3.05) is 0 Å². The number of amides is 2. The zero-order valence-corrected chi connectivity index (χ0v) is 13.1. The number of allylic oxidation sites excluding steroid dienone is 2. The van der Waals surface area contributed by atoms with Gasteiger partial charge in [-0.2, -0.15) is 10.1 Å². The van der Waals surface area contributed by atoms with E-state index in [2.05, 4.69) is 17.3 Å². The minimum absolute atomic E-state index is 0.145. The van der Waals surface area contributed by atoms with Crippen LogP contribution in [0.5, 0.6) is 0 Å². The molecule has 3 fully saturated rings. The molecule has 2 bridgehead atoms. The monoisotopic (exact) mass is 326 g/mol. The second kappa shape index (κ2) is 4.54. The molecule has 1 saturated heterocycles. The lowest BCUT2D eigenvalue weighted by atomic mass is 9.63. The van der Waals surface area contributed by atoms with Gasteiger partial charge in [-0.15, -0.1) is 0 Å². The van der Waals surface area contributed by atoms with Gasteiger partial charge in [0.1, 0.15) is 0 Å². The van der Waals surface area contributed by atoms with Crippen LogP contribution in [0.2, 0.25) is 5.02 Å². The molecule has 1 aromatic rings. The van der Waals surface area contributed by atoms with Crippen LogP contribution in [-0.2, 0) is 9.59 Å². The average Bonchev–Trinajstić information content (AvgIpc) is 3.33. The number of benzene rings is 1. The minimum atomic E-state index is -0.204. The summed E-state index contributed by atoms with van der Waals surface area (Å²) in [5.74, 6) is 0.972. The van der Waals surface area contributed by atoms with Crippen LogP contribution in [0, 0.1) is 35.5 Å². The van der Waals surface area contributed by atoms with Gasteiger partial charge < -0.3 is 0 Å². The van der Waals surface area contributed by atoms with Crippen LogP contribution in [0.15, 0.2) is 41.5 Å². The summed E-state index contributed by atoms with van der Waals surface area (Å²) in [5.41, 5.74) is 0.702. The molecule has 1 aliphatic heterocycles. The zero-order chi connectivity index (χ0) is 15.7. The van der Waals surface area contributed by atoms with Crippen LogP contribution >= 0.6 is 11.6 Å². The Kier molecular flexibility index (Phi) is 2.66. The fourth-order valence-electron chi connectivity index (χ4n) is 4.75. The van der Waals surface area contributed by atoms with Crippen molar-refractivity contribution in [2.24, 2.45) is 40.6 Å². The van der Waals surface area contributed by atoms with Gasteiger partial charge in [0.25, 0.3) is 11.8 Å². The maximum Gasteiger partial charge on any atom is 0.254 e. The van der Waals surface area contributed by atoms with Crippen molar-refractivity contribution >= 4 is 29.6 Å². The molecule has 6 rings (SSSR count). The second-order valence-electron chi connectivity index (χ2n) is 6.91. The molecule has 4 aliphatic carbocycles. The lowest BCUT2D eigenvalue weighted by molar-refractivity contribution is -0.140. The fourth-order valence-corrected chi connectivity index (χ4v) is 4.94. The highest BCUT2D eigenvalue weighted by Crippen LogP contribution is 2.65. The molecule has 5 heteroatoms. The summed E-state index contributed by atoms with van der Waals surface area (Å²) in [6.45, 7) is 0. The number of hydrogen-bond donors (Lipinski definition) is 0. The number of imide groups is 1. The lowest BCUT2D eigenvalue weighted by Crippen LogP contribution is -2.40. The van der Waals surface area contributed by atoms with Crippen LogP contribution in [-0.4, -0.2) is 23.0 Å². The highest BCUT2D eigenvalue weighted by molar-refractivity contribution is 6.33. The molecule has 1 aromatic carbocycles. The summed E-state index contributed by atoms with van der Waals surface area (Å²) in [6.07, 6.45) is 6.99. The van der Waals surface area contributed by atoms with Gasteiger partial charge >= 0.3 is 0 Å². The predicted molar refractivity (Wildman–Crippen MR) is 85.6 cm³/mol. The molecule has 23 heavy (non-hydrogen) atoms. The van der Waals surface area contributed by atoms with Crippen molar-refractivity contribution in [3.8, 4) is 0 Å². The Morgan fingerprint density at radius 2 is 1.65 bits per heavy atom. The fraction of sp³-hybridized carbons (Fsp3) is 0.389. The van der Waals surface area contributed by atoms with E-state index < -0.39 is 0 Å². The summed E-state index contributed by atoms with van der Waals surface area (Å²) >= 11 is 6.10. The van der Waals surface area contributed by atoms with Crippen molar-refractivity contribution in [2.45, 2.75) is 6.42 Å². The number of nitrogens with zero attached hydrogens (tertiary/aromatic N) is 2. The van der Waals surface area contributed by atoms with Gasteiger partial charge in [0.05, 0.1) is 18.1 Å². The van der Waals surface area contributed by atoms with E-state index in [0.717, 1.165) is 5.01 Å². The maximum atomic E-state index is 12.7.